The number of fused-ring (bicyclic) bond motifs is 1. The van der Waals surface area contributed by atoms with Crippen LogP contribution < -0.4 is 14.8 Å². The first kappa shape index (κ1) is 20.3. The second-order valence-electron chi connectivity index (χ2n) is 6.90. The largest absolute Gasteiger partial charge is 0.493 e. The molecular weight excluding hydrogens is 404 g/mol. The molecule has 0 fully saturated rings. The number of methoxy groups -OCH3 is 2. The minimum atomic E-state index is -0.182. The smallest absolute Gasteiger partial charge is 0.226 e. The summed E-state index contributed by atoms with van der Waals surface area (Å²) >= 11 is 6.25. The Bertz CT molecular complexity index is 1080. The van der Waals surface area contributed by atoms with Gasteiger partial charge >= 0.3 is 0 Å². The molecular formula is C22H23ClN4O3. The van der Waals surface area contributed by atoms with E-state index in [0.717, 1.165) is 16.8 Å². The topological polar surface area (TPSA) is 81.4 Å². The Morgan fingerprint density at radius 2 is 1.97 bits per heavy atom. The quantitative estimate of drug-likeness (QED) is 0.595. The SMILES string of the molecule is COc1ccc(C2=CC(c3cccc(Cl)c3)n3nc(CCCO)nc3N2)cc1OC. The third-order valence-corrected chi connectivity index (χ3v) is 5.19. The van der Waals surface area contributed by atoms with E-state index in [9.17, 15) is 0 Å². The van der Waals surface area contributed by atoms with Gasteiger partial charge in [-0.2, -0.15) is 10.1 Å². The molecule has 2 heterocycles. The predicted molar refractivity (Wildman–Crippen MR) is 116 cm³/mol. The monoisotopic (exact) mass is 426 g/mol. The number of aliphatic hydroxyl groups is 1. The van der Waals surface area contributed by atoms with Crippen LogP contribution in [0.5, 0.6) is 11.5 Å². The number of nitrogens with zero attached hydrogens (tertiary/aromatic N) is 3. The highest BCUT2D eigenvalue weighted by Gasteiger charge is 2.25. The molecule has 0 saturated heterocycles. The summed E-state index contributed by atoms with van der Waals surface area (Å²) in [6.07, 6.45) is 3.30. The number of benzene rings is 2. The molecule has 0 aliphatic carbocycles. The van der Waals surface area contributed by atoms with Crippen LogP contribution in [0.4, 0.5) is 5.95 Å². The molecule has 0 spiro atoms. The van der Waals surface area contributed by atoms with Crippen molar-refractivity contribution in [2.45, 2.75) is 18.9 Å². The Kier molecular flexibility index (Phi) is 5.92. The second-order valence-corrected chi connectivity index (χ2v) is 7.33. The van der Waals surface area contributed by atoms with Crippen molar-refractivity contribution in [1.29, 1.82) is 0 Å². The van der Waals surface area contributed by atoms with Crippen LogP contribution in [-0.4, -0.2) is 40.7 Å². The fraction of sp³-hybridized carbons (Fsp3) is 0.273. The van der Waals surface area contributed by atoms with Gasteiger partial charge < -0.3 is 19.9 Å². The lowest BCUT2D eigenvalue weighted by Crippen LogP contribution is -2.20. The zero-order valence-corrected chi connectivity index (χ0v) is 17.6. The lowest BCUT2D eigenvalue weighted by molar-refractivity contribution is 0.287. The van der Waals surface area contributed by atoms with E-state index in [-0.39, 0.29) is 12.6 Å². The van der Waals surface area contributed by atoms with Crippen LogP contribution in [0, 0.1) is 0 Å². The molecule has 0 bridgehead atoms. The van der Waals surface area contributed by atoms with Crippen molar-refractivity contribution in [3.63, 3.8) is 0 Å². The molecule has 0 radical (unpaired) electrons. The van der Waals surface area contributed by atoms with Gasteiger partial charge in [-0.3, -0.25) is 0 Å². The second kappa shape index (κ2) is 8.77. The van der Waals surface area contributed by atoms with Gasteiger partial charge in [0.1, 0.15) is 6.04 Å². The summed E-state index contributed by atoms with van der Waals surface area (Å²) in [4.78, 5) is 4.64. The van der Waals surface area contributed by atoms with Crippen LogP contribution in [0.2, 0.25) is 5.02 Å². The maximum Gasteiger partial charge on any atom is 0.226 e. The first-order valence-corrected chi connectivity index (χ1v) is 10.0. The summed E-state index contributed by atoms with van der Waals surface area (Å²) in [6.45, 7) is 0.101. The van der Waals surface area contributed by atoms with Gasteiger partial charge in [-0.1, -0.05) is 23.7 Å². The zero-order chi connectivity index (χ0) is 21.1. The molecule has 1 atom stereocenters. The predicted octanol–water partition coefficient (Wildman–Crippen LogP) is 3.93. The van der Waals surface area contributed by atoms with E-state index in [0.29, 0.717) is 41.1 Å². The van der Waals surface area contributed by atoms with Gasteiger partial charge in [-0.25, -0.2) is 4.68 Å². The third kappa shape index (κ3) is 3.99. The lowest BCUT2D eigenvalue weighted by atomic mass is 10.0. The molecule has 1 aliphatic rings. The average Bonchev–Trinajstić information content (AvgIpc) is 3.19. The van der Waals surface area contributed by atoms with E-state index in [1.807, 2.05) is 47.1 Å². The van der Waals surface area contributed by atoms with Gasteiger partial charge in [0.05, 0.1) is 14.2 Å². The van der Waals surface area contributed by atoms with Crippen molar-refractivity contribution in [1.82, 2.24) is 14.8 Å². The van der Waals surface area contributed by atoms with Crippen LogP contribution >= 0.6 is 11.6 Å². The Morgan fingerprint density at radius 3 is 2.70 bits per heavy atom. The number of allylic oxidation sites excluding steroid dienone is 1. The van der Waals surface area contributed by atoms with E-state index in [2.05, 4.69) is 21.5 Å². The minimum absolute atomic E-state index is 0.101. The van der Waals surface area contributed by atoms with Crippen molar-refractivity contribution in [2.24, 2.45) is 0 Å². The van der Waals surface area contributed by atoms with Crippen LogP contribution in [0.1, 0.15) is 29.4 Å². The Balaban J connectivity index is 1.78. The molecule has 7 nitrogen and oxygen atoms in total. The van der Waals surface area contributed by atoms with Crippen molar-refractivity contribution in [3.05, 3.63) is 70.5 Å². The summed E-state index contributed by atoms with van der Waals surface area (Å²) in [6, 6.07) is 13.3. The van der Waals surface area contributed by atoms with Gasteiger partial charge in [-0.15, -0.1) is 0 Å². The molecule has 8 heteroatoms. The Hall–Kier alpha value is -3.03. The number of nitrogens with one attached hydrogen (secondary N) is 1. The molecule has 1 aromatic heterocycles. The zero-order valence-electron chi connectivity index (χ0n) is 16.8. The van der Waals surface area contributed by atoms with E-state index < -0.39 is 0 Å². The lowest BCUT2D eigenvalue weighted by Gasteiger charge is -2.25. The molecule has 0 amide bonds. The van der Waals surface area contributed by atoms with Crippen LogP contribution in [-0.2, 0) is 6.42 Å². The van der Waals surface area contributed by atoms with Crippen LogP contribution in [0.25, 0.3) is 5.70 Å². The molecule has 4 rings (SSSR count). The van der Waals surface area contributed by atoms with Gasteiger partial charge in [-0.05, 0) is 48.4 Å². The highest BCUT2D eigenvalue weighted by molar-refractivity contribution is 6.30. The van der Waals surface area contributed by atoms with Crippen molar-refractivity contribution in [3.8, 4) is 11.5 Å². The minimum Gasteiger partial charge on any atom is -0.493 e. The Labute approximate surface area is 179 Å². The molecule has 0 saturated carbocycles. The summed E-state index contributed by atoms with van der Waals surface area (Å²) in [5, 5.41) is 17.8. The van der Waals surface area contributed by atoms with Gasteiger partial charge in [0.15, 0.2) is 17.3 Å². The number of ether oxygens (including phenoxy) is 2. The summed E-state index contributed by atoms with van der Waals surface area (Å²) in [5.74, 6) is 2.63. The van der Waals surface area contributed by atoms with Crippen molar-refractivity contribution < 1.29 is 14.6 Å². The molecule has 1 unspecified atom stereocenters. The highest BCUT2D eigenvalue weighted by Crippen LogP contribution is 2.36. The number of anilines is 1. The van der Waals surface area contributed by atoms with Gasteiger partial charge in [0.2, 0.25) is 5.95 Å². The van der Waals surface area contributed by atoms with E-state index in [4.69, 9.17) is 26.2 Å². The third-order valence-electron chi connectivity index (χ3n) is 4.95. The number of halogens is 1. The molecule has 156 valence electrons. The maximum atomic E-state index is 9.15. The molecule has 2 aromatic carbocycles. The normalized spacial score (nSPS) is 15.2. The number of hydrogen-bond donors (Lipinski definition) is 2. The molecule has 1 aliphatic heterocycles. The first-order valence-electron chi connectivity index (χ1n) is 9.66. The standard InChI is InChI=1S/C22H23ClN4O3/c1-29-19-9-8-14(12-20(19)30-2)17-13-18(15-5-3-6-16(23)11-15)27-22(24-17)25-21(26-27)7-4-10-28/h3,5-6,8-9,11-13,18,28H,4,7,10H2,1-2H3,(H,24,25,26). The number of aryl methyl sites for hydroxylation is 1. The molecule has 3 aromatic rings. The summed E-state index contributed by atoms with van der Waals surface area (Å²) in [7, 11) is 3.23. The van der Waals surface area contributed by atoms with Crippen LogP contribution in [0.15, 0.2) is 48.5 Å². The number of aliphatic hydroxyl groups excluding tert-OH is 1. The van der Waals surface area contributed by atoms with Gasteiger partial charge in [0.25, 0.3) is 0 Å². The fourth-order valence-electron chi connectivity index (χ4n) is 3.48. The highest BCUT2D eigenvalue weighted by atomic mass is 35.5. The Morgan fingerprint density at radius 1 is 1.13 bits per heavy atom. The van der Waals surface area contributed by atoms with Crippen molar-refractivity contribution >= 4 is 23.2 Å². The van der Waals surface area contributed by atoms with Crippen molar-refractivity contribution in [2.75, 3.05) is 26.1 Å². The first-order chi connectivity index (χ1) is 14.6. The summed E-state index contributed by atoms with van der Waals surface area (Å²) in [5.41, 5.74) is 2.82. The average molecular weight is 427 g/mol. The van der Waals surface area contributed by atoms with Gasteiger partial charge in [0, 0.05) is 29.3 Å². The molecule has 2 N–H and O–H groups in total. The van der Waals surface area contributed by atoms with E-state index in [1.165, 1.54) is 0 Å². The van der Waals surface area contributed by atoms with E-state index >= 15 is 0 Å². The fourth-order valence-corrected chi connectivity index (χ4v) is 3.68. The van der Waals surface area contributed by atoms with Crippen LogP contribution in [0.3, 0.4) is 0 Å². The molecule has 30 heavy (non-hydrogen) atoms. The number of aromatic nitrogens is 3. The maximum absolute atomic E-state index is 9.15. The summed E-state index contributed by atoms with van der Waals surface area (Å²) < 4.78 is 12.7. The van der Waals surface area contributed by atoms with E-state index in [1.54, 1.807) is 14.2 Å². The number of hydrogen-bond acceptors (Lipinski definition) is 6. The number of rotatable bonds is 7.